The Bertz CT molecular complexity index is 547. The van der Waals surface area contributed by atoms with Gasteiger partial charge in [0.15, 0.2) is 0 Å². The lowest BCUT2D eigenvalue weighted by molar-refractivity contribution is -0.130. The van der Waals surface area contributed by atoms with Crippen molar-refractivity contribution >= 4 is 5.91 Å². The van der Waals surface area contributed by atoms with Crippen molar-refractivity contribution in [2.45, 2.75) is 43.7 Å². The molecule has 3 rings (SSSR count). The van der Waals surface area contributed by atoms with Gasteiger partial charge in [-0.2, -0.15) is 0 Å². The van der Waals surface area contributed by atoms with E-state index in [-0.39, 0.29) is 17.0 Å². The van der Waals surface area contributed by atoms with Crippen molar-refractivity contribution in [1.29, 1.82) is 0 Å². The molecule has 1 heterocycles. The number of likely N-dealkylation sites (N-methyl/N-ethyl adjacent to an activating group) is 1. The third kappa shape index (κ3) is 2.79. The number of hydrogen-bond acceptors (Lipinski definition) is 3. The Balaban J connectivity index is 1.84. The summed E-state index contributed by atoms with van der Waals surface area (Å²) in [4.78, 5) is 16.5. The lowest BCUT2D eigenvalue weighted by Crippen LogP contribution is -2.65. The number of carbonyl (C=O) groups is 1. The number of benzene rings is 1. The quantitative estimate of drug-likeness (QED) is 0.929. The van der Waals surface area contributed by atoms with Gasteiger partial charge in [-0.3, -0.25) is 14.6 Å². The predicted molar refractivity (Wildman–Crippen MR) is 93.3 cm³/mol. The number of rotatable bonds is 3. The molecule has 1 aliphatic carbocycles. The average molecular weight is 315 g/mol. The van der Waals surface area contributed by atoms with Gasteiger partial charge in [-0.05, 0) is 51.9 Å². The molecule has 0 atom stereocenters. The molecule has 0 bridgehead atoms. The highest BCUT2D eigenvalue weighted by atomic mass is 16.2. The van der Waals surface area contributed by atoms with Crippen LogP contribution in [0.15, 0.2) is 30.3 Å². The standard InChI is InChI=1S/C19H29N3O/c1-4-22-14-17(23)20-15-18(22)10-12-19(13-11-18,21(2)3)16-8-6-5-7-9-16/h5-9H,4,10-15H2,1-3H3,(H,20,23). The maximum atomic E-state index is 11.8. The summed E-state index contributed by atoms with van der Waals surface area (Å²) in [6.07, 6.45) is 4.54. The fourth-order valence-electron chi connectivity index (χ4n) is 4.58. The number of piperazine rings is 1. The van der Waals surface area contributed by atoms with Gasteiger partial charge < -0.3 is 5.32 Å². The predicted octanol–water partition coefficient (Wildman–Crippen LogP) is 2.21. The minimum Gasteiger partial charge on any atom is -0.353 e. The molecule has 1 spiro atoms. The van der Waals surface area contributed by atoms with Crippen LogP contribution in [0.25, 0.3) is 0 Å². The van der Waals surface area contributed by atoms with E-state index in [4.69, 9.17) is 0 Å². The van der Waals surface area contributed by atoms with Crippen molar-refractivity contribution in [2.24, 2.45) is 0 Å². The van der Waals surface area contributed by atoms with Crippen LogP contribution in [0.2, 0.25) is 0 Å². The summed E-state index contributed by atoms with van der Waals surface area (Å²) in [6.45, 7) is 4.48. The van der Waals surface area contributed by atoms with Gasteiger partial charge >= 0.3 is 0 Å². The normalized spacial score (nSPS) is 32.3. The highest BCUT2D eigenvalue weighted by molar-refractivity contribution is 5.79. The van der Waals surface area contributed by atoms with Gasteiger partial charge in [0.1, 0.15) is 0 Å². The fraction of sp³-hybridized carbons (Fsp3) is 0.632. The van der Waals surface area contributed by atoms with Crippen LogP contribution in [-0.2, 0) is 10.3 Å². The number of nitrogens with one attached hydrogen (secondary N) is 1. The molecule has 4 nitrogen and oxygen atoms in total. The van der Waals surface area contributed by atoms with E-state index in [0.29, 0.717) is 6.54 Å². The zero-order valence-electron chi connectivity index (χ0n) is 14.6. The molecule has 2 aliphatic rings. The third-order valence-corrected chi connectivity index (χ3v) is 6.18. The molecular formula is C19H29N3O. The Morgan fingerprint density at radius 2 is 1.78 bits per heavy atom. The summed E-state index contributed by atoms with van der Waals surface area (Å²) in [6, 6.07) is 10.9. The third-order valence-electron chi connectivity index (χ3n) is 6.18. The first-order valence-electron chi connectivity index (χ1n) is 8.77. The Morgan fingerprint density at radius 3 is 2.35 bits per heavy atom. The van der Waals surface area contributed by atoms with Crippen LogP contribution in [-0.4, -0.2) is 55.0 Å². The second-order valence-electron chi connectivity index (χ2n) is 7.31. The van der Waals surface area contributed by atoms with Gasteiger partial charge in [0.2, 0.25) is 5.91 Å². The smallest absolute Gasteiger partial charge is 0.234 e. The maximum Gasteiger partial charge on any atom is 0.234 e. The first-order valence-corrected chi connectivity index (χ1v) is 8.77. The Morgan fingerprint density at radius 1 is 1.13 bits per heavy atom. The van der Waals surface area contributed by atoms with Gasteiger partial charge in [0, 0.05) is 17.6 Å². The summed E-state index contributed by atoms with van der Waals surface area (Å²) in [5.41, 5.74) is 1.69. The summed E-state index contributed by atoms with van der Waals surface area (Å²) >= 11 is 0. The minimum atomic E-state index is 0.118. The van der Waals surface area contributed by atoms with Crippen molar-refractivity contribution in [3.63, 3.8) is 0 Å². The molecule has 1 amide bonds. The van der Waals surface area contributed by atoms with Crippen molar-refractivity contribution in [2.75, 3.05) is 33.7 Å². The van der Waals surface area contributed by atoms with Crippen molar-refractivity contribution in [1.82, 2.24) is 15.1 Å². The minimum absolute atomic E-state index is 0.118. The van der Waals surface area contributed by atoms with E-state index in [1.54, 1.807) is 0 Å². The van der Waals surface area contributed by atoms with Gasteiger partial charge in [-0.25, -0.2) is 0 Å². The van der Waals surface area contributed by atoms with Crippen LogP contribution in [0.1, 0.15) is 38.2 Å². The van der Waals surface area contributed by atoms with Crippen molar-refractivity contribution < 1.29 is 4.79 Å². The molecule has 1 saturated carbocycles. The molecule has 2 fully saturated rings. The molecule has 1 aromatic rings. The molecule has 23 heavy (non-hydrogen) atoms. The first-order chi connectivity index (χ1) is 11.0. The molecule has 1 aliphatic heterocycles. The number of hydrogen-bond donors (Lipinski definition) is 1. The summed E-state index contributed by atoms with van der Waals surface area (Å²) in [7, 11) is 4.40. The van der Waals surface area contributed by atoms with Crippen LogP contribution in [0.4, 0.5) is 0 Å². The molecule has 0 unspecified atom stereocenters. The fourth-order valence-corrected chi connectivity index (χ4v) is 4.58. The van der Waals surface area contributed by atoms with Crippen LogP contribution < -0.4 is 5.32 Å². The maximum absolute atomic E-state index is 11.8. The van der Waals surface area contributed by atoms with E-state index in [1.807, 2.05) is 0 Å². The van der Waals surface area contributed by atoms with Crippen molar-refractivity contribution in [3.8, 4) is 0 Å². The number of amides is 1. The highest BCUT2D eigenvalue weighted by Gasteiger charge is 2.49. The molecule has 1 N–H and O–H groups in total. The summed E-state index contributed by atoms with van der Waals surface area (Å²) < 4.78 is 0. The topological polar surface area (TPSA) is 35.6 Å². The second kappa shape index (κ2) is 6.25. The Kier molecular flexibility index (Phi) is 4.47. The average Bonchev–Trinajstić information content (AvgIpc) is 2.58. The van der Waals surface area contributed by atoms with Crippen LogP contribution in [0, 0.1) is 0 Å². The van der Waals surface area contributed by atoms with E-state index in [9.17, 15) is 4.79 Å². The highest BCUT2D eigenvalue weighted by Crippen LogP contribution is 2.46. The second-order valence-corrected chi connectivity index (χ2v) is 7.31. The first kappa shape index (κ1) is 16.5. The van der Waals surface area contributed by atoms with E-state index in [0.717, 1.165) is 38.8 Å². The summed E-state index contributed by atoms with van der Waals surface area (Å²) in [5.74, 6) is 0.171. The van der Waals surface area contributed by atoms with Crippen molar-refractivity contribution in [3.05, 3.63) is 35.9 Å². The SMILES string of the molecule is CCN1CC(=O)NCC12CCC(c1ccccc1)(N(C)C)CC2. The number of nitrogens with zero attached hydrogens (tertiary/aromatic N) is 2. The molecule has 126 valence electrons. The van der Waals surface area contributed by atoms with Crippen LogP contribution >= 0.6 is 0 Å². The lowest BCUT2D eigenvalue weighted by Gasteiger charge is -2.55. The number of carbonyl (C=O) groups excluding carboxylic acids is 1. The molecule has 1 saturated heterocycles. The zero-order valence-corrected chi connectivity index (χ0v) is 14.6. The van der Waals surface area contributed by atoms with E-state index in [1.165, 1.54) is 5.56 Å². The van der Waals surface area contributed by atoms with Gasteiger partial charge in [-0.1, -0.05) is 37.3 Å². The van der Waals surface area contributed by atoms with Gasteiger partial charge in [0.25, 0.3) is 0 Å². The lowest BCUT2D eigenvalue weighted by atomic mass is 9.67. The van der Waals surface area contributed by atoms with Crippen LogP contribution in [0.3, 0.4) is 0 Å². The summed E-state index contributed by atoms with van der Waals surface area (Å²) in [5, 5.41) is 3.11. The molecule has 0 aromatic heterocycles. The van der Waals surface area contributed by atoms with Crippen LogP contribution in [0.5, 0.6) is 0 Å². The van der Waals surface area contributed by atoms with Gasteiger partial charge in [-0.15, -0.1) is 0 Å². The van der Waals surface area contributed by atoms with E-state index < -0.39 is 0 Å². The zero-order chi connectivity index (χ0) is 16.5. The molecule has 1 aromatic carbocycles. The van der Waals surface area contributed by atoms with E-state index in [2.05, 4.69) is 66.5 Å². The largest absolute Gasteiger partial charge is 0.353 e. The monoisotopic (exact) mass is 315 g/mol. The Hall–Kier alpha value is -1.39. The Labute approximate surface area is 139 Å². The van der Waals surface area contributed by atoms with Gasteiger partial charge in [0.05, 0.1) is 6.54 Å². The van der Waals surface area contributed by atoms with E-state index >= 15 is 0 Å². The molecule has 4 heteroatoms. The molecular weight excluding hydrogens is 286 g/mol. The molecule has 0 radical (unpaired) electrons.